The molecule has 0 aromatic heterocycles. The fraction of sp³-hybridized carbons (Fsp3) is 0.300. The van der Waals surface area contributed by atoms with Crippen molar-refractivity contribution >= 4 is 23.3 Å². The SMILES string of the molecule is COC(=O)[C@@H](N)Cc1ccc(Cl)cc1[N+](=O)[O-]. The van der Waals surface area contributed by atoms with Gasteiger partial charge < -0.3 is 10.5 Å². The van der Waals surface area contributed by atoms with Crippen LogP contribution in [-0.2, 0) is 16.0 Å². The van der Waals surface area contributed by atoms with E-state index in [0.29, 0.717) is 5.56 Å². The van der Waals surface area contributed by atoms with Crippen molar-refractivity contribution in [2.45, 2.75) is 12.5 Å². The number of nitrogens with two attached hydrogens (primary N) is 1. The average Bonchev–Trinajstić information content (AvgIpc) is 2.29. The van der Waals surface area contributed by atoms with E-state index < -0.39 is 16.9 Å². The van der Waals surface area contributed by atoms with E-state index in [-0.39, 0.29) is 17.1 Å². The first-order valence-electron chi connectivity index (χ1n) is 4.72. The van der Waals surface area contributed by atoms with Gasteiger partial charge in [0.05, 0.1) is 12.0 Å². The molecule has 0 unspecified atom stereocenters. The van der Waals surface area contributed by atoms with Crippen LogP contribution in [0.4, 0.5) is 5.69 Å². The predicted octanol–water partition coefficient (Wildman–Crippen LogP) is 1.29. The predicted molar refractivity (Wildman–Crippen MR) is 61.8 cm³/mol. The molecule has 0 spiro atoms. The number of benzene rings is 1. The molecule has 1 rings (SSSR count). The van der Waals surface area contributed by atoms with E-state index in [2.05, 4.69) is 4.74 Å². The van der Waals surface area contributed by atoms with E-state index in [9.17, 15) is 14.9 Å². The third kappa shape index (κ3) is 3.40. The number of ether oxygens (including phenoxy) is 1. The van der Waals surface area contributed by atoms with Crippen LogP contribution in [0.3, 0.4) is 0 Å². The number of hydrogen-bond donors (Lipinski definition) is 1. The summed E-state index contributed by atoms with van der Waals surface area (Å²) in [6, 6.07) is 3.28. The fourth-order valence-electron chi connectivity index (χ4n) is 1.35. The van der Waals surface area contributed by atoms with E-state index in [0.717, 1.165) is 0 Å². The Labute approximate surface area is 102 Å². The van der Waals surface area contributed by atoms with Crippen LogP contribution in [-0.4, -0.2) is 24.0 Å². The highest BCUT2D eigenvalue weighted by Crippen LogP contribution is 2.24. The first kappa shape index (κ1) is 13.4. The molecule has 0 aliphatic rings. The van der Waals surface area contributed by atoms with E-state index in [1.807, 2.05) is 0 Å². The van der Waals surface area contributed by atoms with Gasteiger partial charge in [0.25, 0.3) is 5.69 Å². The summed E-state index contributed by atoms with van der Waals surface area (Å²) in [5.41, 5.74) is 5.73. The second-order valence-corrected chi connectivity index (χ2v) is 3.80. The second kappa shape index (κ2) is 5.60. The van der Waals surface area contributed by atoms with Crippen molar-refractivity contribution in [2.75, 3.05) is 7.11 Å². The molecule has 1 aromatic rings. The number of carbonyl (C=O) groups is 1. The number of esters is 1. The molecule has 0 aliphatic heterocycles. The van der Waals surface area contributed by atoms with Crippen molar-refractivity contribution in [1.29, 1.82) is 0 Å². The number of halogens is 1. The maximum Gasteiger partial charge on any atom is 0.322 e. The number of hydrogen-bond acceptors (Lipinski definition) is 5. The van der Waals surface area contributed by atoms with Gasteiger partial charge in [-0.1, -0.05) is 17.7 Å². The number of nitro groups is 1. The van der Waals surface area contributed by atoms with E-state index in [4.69, 9.17) is 17.3 Å². The molecule has 0 heterocycles. The molecule has 1 atom stereocenters. The van der Waals surface area contributed by atoms with Crippen molar-refractivity contribution in [3.8, 4) is 0 Å². The monoisotopic (exact) mass is 258 g/mol. The Morgan fingerprint density at radius 1 is 1.65 bits per heavy atom. The van der Waals surface area contributed by atoms with Crippen molar-refractivity contribution in [3.05, 3.63) is 38.9 Å². The van der Waals surface area contributed by atoms with Crippen LogP contribution in [0.5, 0.6) is 0 Å². The summed E-state index contributed by atoms with van der Waals surface area (Å²) in [4.78, 5) is 21.3. The van der Waals surface area contributed by atoms with Crippen molar-refractivity contribution in [3.63, 3.8) is 0 Å². The fourth-order valence-corrected chi connectivity index (χ4v) is 1.52. The molecule has 6 nitrogen and oxygen atoms in total. The summed E-state index contributed by atoms with van der Waals surface area (Å²) in [6.07, 6.45) is 0.0279. The molecule has 2 N–H and O–H groups in total. The lowest BCUT2D eigenvalue weighted by Gasteiger charge is -2.09. The highest BCUT2D eigenvalue weighted by Gasteiger charge is 2.21. The topological polar surface area (TPSA) is 95.5 Å². The smallest absolute Gasteiger partial charge is 0.322 e. The minimum absolute atomic E-state index is 0.0279. The van der Waals surface area contributed by atoms with Crippen molar-refractivity contribution in [1.82, 2.24) is 0 Å². The minimum atomic E-state index is -0.931. The molecular weight excluding hydrogens is 248 g/mol. The maximum absolute atomic E-state index is 11.1. The molecule has 0 saturated heterocycles. The van der Waals surface area contributed by atoms with Crippen LogP contribution >= 0.6 is 11.6 Å². The van der Waals surface area contributed by atoms with Crippen LogP contribution in [0.1, 0.15) is 5.56 Å². The summed E-state index contributed by atoms with van der Waals surface area (Å²) >= 11 is 5.66. The Bertz CT molecular complexity index is 450. The van der Waals surface area contributed by atoms with Gasteiger partial charge in [-0.25, -0.2) is 0 Å². The van der Waals surface area contributed by atoms with Crippen LogP contribution in [0, 0.1) is 10.1 Å². The molecule has 0 amide bonds. The summed E-state index contributed by atoms with van der Waals surface area (Å²) < 4.78 is 4.45. The van der Waals surface area contributed by atoms with E-state index in [1.54, 1.807) is 0 Å². The largest absolute Gasteiger partial charge is 0.468 e. The molecule has 1 aromatic carbocycles. The number of nitrogens with zero attached hydrogens (tertiary/aromatic N) is 1. The van der Waals surface area contributed by atoms with Crippen LogP contribution in [0.15, 0.2) is 18.2 Å². The van der Waals surface area contributed by atoms with Gasteiger partial charge in [-0.15, -0.1) is 0 Å². The average molecular weight is 259 g/mol. The Morgan fingerprint density at radius 2 is 2.29 bits per heavy atom. The highest BCUT2D eigenvalue weighted by molar-refractivity contribution is 6.30. The summed E-state index contributed by atoms with van der Waals surface area (Å²) in [5, 5.41) is 11.0. The lowest BCUT2D eigenvalue weighted by Crippen LogP contribution is -2.33. The Hall–Kier alpha value is -1.66. The van der Waals surface area contributed by atoms with Gasteiger partial charge in [0, 0.05) is 23.1 Å². The lowest BCUT2D eigenvalue weighted by molar-refractivity contribution is -0.385. The Kier molecular flexibility index (Phi) is 4.42. The number of nitro benzene ring substituents is 1. The van der Waals surface area contributed by atoms with Gasteiger partial charge in [-0.05, 0) is 6.07 Å². The third-order valence-corrected chi connectivity index (χ3v) is 2.42. The Morgan fingerprint density at radius 3 is 2.82 bits per heavy atom. The number of methoxy groups -OCH3 is 1. The Balaban J connectivity index is 2.98. The number of carbonyl (C=O) groups excluding carboxylic acids is 1. The summed E-state index contributed by atoms with van der Waals surface area (Å²) in [5.74, 6) is -0.616. The molecule has 0 bridgehead atoms. The van der Waals surface area contributed by atoms with Gasteiger partial charge in [0.2, 0.25) is 0 Å². The van der Waals surface area contributed by atoms with Gasteiger partial charge in [-0.2, -0.15) is 0 Å². The van der Waals surface area contributed by atoms with Gasteiger partial charge in [0.15, 0.2) is 0 Å². The minimum Gasteiger partial charge on any atom is -0.468 e. The zero-order valence-electron chi connectivity index (χ0n) is 9.05. The number of rotatable bonds is 4. The highest BCUT2D eigenvalue weighted by atomic mass is 35.5. The second-order valence-electron chi connectivity index (χ2n) is 3.36. The summed E-state index contributed by atoms with van der Waals surface area (Å²) in [7, 11) is 1.21. The van der Waals surface area contributed by atoms with Crippen LogP contribution < -0.4 is 5.73 Å². The van der Waals surface area contributed by atoms with Gasteiger partial charge in [0.1, 0.15) is 6.04 Å². The lowest BCUT2D eigenvalue weighted by atomic mass is 10.0. The van der Waals surface area contributed by atoms with Gasteiger partial charge in [-0.3, -0.25) is 14.9 Å². The molecule has 0 aliphatic carbocycles. The standard InChI is InChI=1S/C10H11ClN2O4/c1-17-10(14)8(12)4-6-2-3-7(11)5-9(6)13(15)16/h2-3,5,8H,4,12H2,1H3/t8-/m0/s1. The molecule has 7 heteroatoms. The molecule has 0 fully saturated rings. The van der Waals surface area contributed by atoms with Crippen molar-refractivity contribution < 1.29 is 14.5 Å². The van der Waals surface area contributed by atoms with Gasteiger partial charge >= 0.3 is 5.97 Å². The van der Waals surface area contributed by atoms with E-state index in [1.165, 1.54) is 25.3 Å². The molecular formula is C10H11ClN2O4. The molecule has 0 radical (unpaired) electrons. The summed E-state index contributed by atoms with van der Waals surface area (Å²) in [6.45, 7) is 0. The normalized spacial score (nSPS) is 11.9. The molecule has 0 saturated carbocycles. The first-order chi connectivity index (χ1) is 7.95. The quantitative estimate of drug-likeness (QED) is 0.499. The molecule has 92 valence electrons. The zero-order valence-corrected chi connectivity index (χ0v) is 9.81. The molecule has 17 heavy (non-hydrogen) atoms. The van der Waals surface area contributed by atoms with E-state index >= 15 is 0 Å². The third-order valence-electron chi connectivity index (χ3n) is 2.19. The van der Waals surface area contributed by atoms with Crippen molar-refractivity contribution in [2.24, 2.45) is 5.73 Å². The van der Waals surface area contributed by atoms with Crippen LogP contribution in [0.2, 0.25) is 5.02 Å². The maximum atomic E-state index is 11.1. The zero-order chi connectivity index (χ0) is 13.0. The first-order valence-corrected chi connectivity index (χ1v) is 5.09. The van der Waals surface area contributed by atoms with Crippen LogP contribution in [0.25, 0.3) is 0 Å².